The van der Waals surface area contributed by atoms with E-state index in [9.17, 15) is 8.42 Å². The zero-order valence-electron chi connectivity index (χ0n) is 15.3. The van der Waals surface area contributed by atoms with Gasteiger partial charge in [-0.25, -0.2) is 18.1 Å². The SMILES string of the molecule is Cc1nc(-c2ccc(S(=O)(=O)NCc3ccc(-c4ccnn4C)o3)cc2)co1. The van der Waals surface area contributed by atoms with Gasteiger partial charge in [-0.3, -0.25) is 4.68 Å². The van der Waals surface area contributed by atoms with E-state index >= 15 is 0 Å². The lowest BCUT2D eigenvalue weighted by molar-refractivity contribution is 0.505. The van der Waals surface area contributed by atoms with Crippen LogP contribution in [0.4, 0.5) is 0 Å². The number of oxazole rings is 1. The predicted molar refractivity (Wildman–Crippen MR) is 102 cm³/mol. The molecule has 1 aromatic carbocycles. The normalized spacial score (nSPS) is 11.8. The van der Waals surface area contributed by atoms with Crippen LogP contribution in [0.5, 0.6) is 0 Å². The molecule has 0 amide bonds. The first-order valence-corrected chi connectivity index (χ1v) is 10.00. The summed E-state index contributed by atoms with van der Waals surface area (Å²) < 4.78 is 40.2. The van der Waals surface area contributed by atoms with Crippen LogP contribution in [0, 0.1) is 6.92 Å². The fraction of sp³-hybridized carbons (Fsp3) is 0.158. The molecule has 0 radical (unpaired) electrons. The van der Waals surface area contributed by atoms with Gasteiger partial charge < -0.3 is 8.83 Å². The summed E-state index contributed by atoms with van der Waals surface area (Å²) in [4.78, 5) is 4.39. The molecule has 0 fully saturated rings. The molecular weight excluding hydrogens is 380 g/mol. The van der Waals surface area contributed by atoms with Gasteiger partial charge in [-0.15, -0.1) is 0 Å². The molecule has 4 aromatic rings. The Bertz CT molecular complexity index is 1200. The highest BCUT2D eigenvalue weighted by Crippen LogP contribution is 2.23. The van der Waals surface area contributed by atoms with E-state index in [1.54, 1.807) is 42.1 Å². The second kappa shape index (κ2) is 7.10. The van der Waals surface area contributed by atoms with Crippen LogP contribution >= 0.6 is 0 Å². The molecule has 0 bridgehead atoms. The van der Waals surface area contributed by atoms with Crippen LogP contribution in [-0.2, 0) is 23.6 Å². The zero-order chi connectivity index (χ0) is 19.7. The number of nitrogens with zero attached hydrogens (tertiary/aromatic N) is 3. The van der Waals surface area contributed by atoms with E-state index in [4.69, 9.17) is 8.83 Å². The molecule has 0 aliphatic rings. The van der Waals surface area contributed by atoms with Crippen molar-refractivity contribution in [3.8, 4) is 22.7 Å². The topological polar surface area (TPSA) is 103 Å². The molecular formula is C19H18N4O4S. The summed E-state index contributed by atoms with van der Waals surface area (Å²) in [6.45, 7) is 1.80. The molecule has 8 nitrogen and oxygen atoms in total. The summed E-state index contributed by atoms with van der Waals surface area (Å²) in [5.74, 6) is 1.69. The number of aryl methyl sites for hydroxylation is 2. The Balaban J connectivity index is 1.46. The van der Waals surface area contributed by atoms with Gasteiger partial charge in [-0.2, -0.15) is 5.10 Å². The number of rotatable bonds is 6. The third-order valence-electron chi connectivity index (χ3n) is 4.25. The van der Waals surface area contributed by atoms with Crippen LogP contribution in [0.15, 0.2) is 68.7 Å². The number of hydrogen-bond donors (Lipinski definition) is 1. The predicted octanol–water partition coefficient (Wildman–Crippen LogP) is 3.12. The lowest BCUT2D eigenvalue weighted by Gasteiger charge is -2.06. The monoisotopic (exact) mass is 398 g/mol. The molecule has 0 atom stereocenters. The summed E-state index contributed by atoms with van der Waals surface area (Å²) in [6.07, 6.45) is 3.21. The molecule has 0 unspecified atom stereocenters. The first-order valence-electron chi connectivity index (χ1n) is 8.52. The third-order valence-corrected chi connectivity index (χ3v) is 5.67. The van der Waals surface area contributed by atoms with E-state index in [1.165, 1.54) is 18.4 Å². The van der Waals surface area contributed by atoms with E-state index in [0.29, 0.717) is 23.1 Å². The number of benzene rings is 1. The van der Waals surface area contributed by atoms with E-state index in [-0.39, 0.29) is 11.4 Å². The van der Waals surface area contributed by atoms with E-state index in [2.05, 4.69) is 14.8 Å². The largest absolute Gasteiger partial charge is 0.458 e. The number of nitrogens with one attached hydrogen (secondary N) is 1. The maximum absolute atomic E-state index is 12.5. The van der Waals surface area contributed by atoms with Gasteiger partial charge in [-0.1, -0.05) is 12.1 Å². The quantitative estimate of drug-likeness (QED) is 0.535. The third kappa shape index (κ3) is 3.62. The summed E-state index contributed by atoms with van der Waals surface area (Å²) in [5, 5.41) is 4.09. The van der Waals surface area contributed by atoms with Crippen molar-refractivity contribution in [3.05, 3.63) is 66.6 Å². The number of aromatic nitrogens is 3. The lowest BCUT2D eigenvalue weighted by Crippen LogP contribution is -2.22. The van der Waals surface area contributed by atoms with Crippen molar-refractivity contribution in [2.24, 2.45) is 7.05 Å². The van der Waals surface area contributed by atoms with E-state index in [1.807, 2.05) is 13.1 Å². The van der Waals surface area contributed by atoms with Crippen molar-refractivity contribution in [2.45, 2.75) is 18.4 Å². The smallest absolute Gasteiger partial charge is 0.240 e. The van der Waals surface area contributed by atoms with E-state index in [0.717, 1.165) is 11.3 Å². The highest BCUT2D eigenvalue weighted by molar-refractivity contribution is 7.89. The molecule has 3 heterocycles. The Morgan fingerprint density at radius 1 is 1.11 bits per heavy atom. The van der Waals surface area contributed by atoms with Gasteiger partial charge in [0.05, 0.1) is 11.4 Å². The standard InChI is InChI=1S/C19H18N4O4S/c1-13-22-17(12-26-13)14-3-6-16(7-4-14)28(24,25)21-11-15-5-8-19(27-15)18-9-10-20-23(18)2/h3-10,12,21H,11H2,1-2H3. The molecule has 9 heteroatoms. The molecule has 0 aliphatic heterocycles. The highest BCUT2D eigenvalue weighted by Gasteiger charge is 2.16. The Labute approximate surface area is 161 Å². The van der Waals surface area contributed by atoms with Crippen LogP contribution < -0.4 is 4.72 Å². The molecule has 4 rings (SSSR count). The summed E-state index contributed by atoms with van der Waals surface area (Å²) >= 11 is 0. The van der Waals surface area contributed by atoms with Crippen molar-refractivity contribution >= 4 is 10.0 Å². The molecule has 3 aromatic heterocycles. The second-order valence-electron chi connectivity index (χ2n) is 6.21. The summed E-state index contributed by atoms with van der Waals surface area (Å²) in [7, 11) is -1.87. The number of hydrogen-bond acceptors (Lipinski definition) is 6. The minimum atomic E-state index is -3.68. The second-order valence-corrected chi connectivity index (χ2v) is 7.97. The Kier molecular flexibility index (Phi) is 4.62. The van der Waals surface area contributed by atoms with Crippen LogP contribution in [-0.4, -0.2) is 23.2 Å². The minimum absolute atomic E-state index is 0.0460. The zero-order valence-corrected chi connectivity index (χ0v) is 16.1. The minimum Gasteiger partial charge on any atom is -0.458 e. The van der Waals surface area contributed by atoms with Crippen LogP contribution in [0.2, 0.25) is 0 Å². The van der Waals surface area contributed by atoms with Crippen LogP contribution in [0.3, 0.4) is 0 Å². The Morgan fingerprint density at radius 2 is 1.89 bits per heavy atom. The molecule has 0 saturated heterocycles. The van der Waals surface area contributed by atoms with Crippen molar-refractivity contribution in [2.75, 3.05) is 0 Å². The van der Waals surface area contributed by atoms with Gasteiger partial charge in [0.15, 0.2) is 11.7 Å². The molecule has 0 aliphatic carbocycles. The Hall–Kier alpha value is -3.17. The van der Waals surface area contributed by atoms with Gasteiger partial charge >= 0.3 is 0 Å². The lowest BCUT2D eigenvalue weighted by atomic mass is 10.2. The fourth-order valence-corrected chi connectivity index (χ4v) is 3.77. The maximum Gasteiger partial charge on any atom is 0.240 e. The van der Waals surface area contributed by atoms with Crippen molar-refractivity contribution < 1.29 is 17.3 Å². The van der Waals surface area contributed by atoms with Gasteiger partial charge in [-0.05, 0) is 30.3 Å². The maximum atomic E-state index is 12.5. The highest BCUT2D eigenvalue weighted by atomic mass is 32.2. The van der Waals surface area contributed by atoms with Crippen molar-refractivity contribution in [1.82, 2.24) is 19.5 Å². The average Bonchev–Trinajstić information content (AvgIpc) is 3.41. The van der Waals surface area contributed by atoms with Gasteiger partial charge in [0.25, 0.3) is 0 Å². The van der Waals surface area contributed by atoms with Crippen molar-refractivity contribution in [1.29, 1.82) is 0 Å². The summed E-state index contributed by atoms with van der Waals surface area (Å²) in [6, 6.07) is 11.8. The first kappa shape index (κ1) is 18.2. The molecule has 144 valence electrons. The molecule has 0 saturated carbocycles. The molecule has 28 heavy (non-hydrogen) atoms. The van der Waals surface area contributed by atoms with Gasteiger partial charge in [0.2, 0.25) is 10.0 Å². The average molecular weight is 398 g/mol. The fourth-order valence-electron chi connectivity index (χ4n) is 2.78. The van der Waals surface area contributed by atoms with E-state index < -0.39 is 10.0 Å². The first-order chi connectivity index (χ1) is 13.4. The number of furan rings is 1. The number of sulfonamides is 1. The van der Waals surface area contributed by atoms with Crippen LogP contribution in [0.25, 0.3) is 22.7 Å². The summed E-state index contributed by atoms with van der Waals surface area (Å²) in [5.41, 5.74) is 2.25. The van der Waals surface area contributed by atoms with Gasteiger partial charge in [0, 0.05) is 25.7 Å². The molecule has 1 N–H and O–H groups in total. The Morgan fingerprint density at radius 3 is 2.54 bits per heavy atom. The van der Waals surface area contributed by atoms with Crippen molar-refractivity contribution in [3.63, 3.8) is 0 Å². The van der Waals surface area contributed by atoms with Crippen LogP contribution in [0.1, 0.15) is 11.7 Å². The molecule has 0 spiro atoms. The van der Waals surface area contributed by atoms with Gasteiger partial charge in [0.1, 0.15) is 23.4 Å².